The highest BCUT2D eigenvalue weighted by molar-refractivity contribution is 5.78. The topological polar surface area (TPSA) is 333 Å². The van der Waals surface area contributed by atoms with Crippen LogP contribution in [0.15, 0.2) is 12.1 Å². The Hall–Kier alpha value is -5.78. The van der Waals surface area contributed by atoms with Gasteiger partial charge in [0.1, 0.15) is 19.8 Å². The lowest BCUT2D eigenvalue weighted by atomic mass is 10.0. The number of nitro benzene ring substituents is 3. The minimum atomic E-state index is -3.26. The Morgan fingerprint density at radius 1 is 0.629 bits per heavy atom. The van der Waals surface area contributed by atoms with Gasteiger partial charge in [-0.25, -0.2) is 10.1 Å². The average molecular weight is 512 g/mol. The summed E-state index contributed by atoms with van der Waals surface area (Å²) >= 11 is 0. The fraction of sp³-hybridized carbons (Fsp3) is 0.400. The van der Waals surface area contributed by atoms with Crippen molar-refractivity contribution in [1.82, 2.24) is 0 Å². The smallest absolute Gasteiger partial charge is 0.311 e. The predicted molar refractivity (Wildman–Crippen MR) is 97.4 cm³/mol. The average Bonchev–Trinajstić information content (AvgIpc) is 2.73. The number of anilines is 1. The van der Waals surface area contributed by atoms with Gasteiger partial charge in [-0.1, -0.05) is 5.01 Å². The molecular weight excluding hydrogens is 504 g/mol. The molecule has 0 unspecified atom stereocenters. The van der Waals surface area contributed by atoms with Crippen molar-refractivity contribution < 1.29 is 49.6 Å². The molecule has 0 bridgehead atoms. The van der Waals surface area contributed by atoms with Gasteiger partial charge in [0.15, 0.2) is 10.6 Å². The molecule has 1 rings (SSSR count). The van der Waals surface area contributed by atoms with Crippen LogP contribution >= 0.6 is 0 Å². The lowest BCUT2D eigenvalue weighted by Gasteiger charge is -2.34. The quantitative estimate of drug-likeness (QED) is 0.216. The van der Waals surface area contributed by atoms with Gasteiger partial charge in [-0.3, -0.25) is 30.3 Å². The number of hydrazine groups is 1. The fourth-order valence-corrected chi connectivity index (χ4v) is 2.51. The SMILES string of the molecule is O=[N+]([O-])OCC(CO[N+](=O)[O-])(CO[N+](=O)[O-])N(c1c([N+](=O)[O-])cc([N+](=O)[O-])cc1[N+](=O)[O-])[N+](=O)[O-]. The van der Waals surface area contributed by atoms with Crippen LogP contribution in [-0.4, -0.2) is 60.4 Å². The van der Waals surface area contributed by atoms with Crippen molar-refractivity contribution in [2.45, 2.75) is 5.54 Å². The standard InChI is InChI=1S/C10H8N8O17/c19-12(20)6-1-7(13(21)22)9(8(2-6)14(23)24)11(15(25)26)10(3-33-16(27)28,4-34-17(29)30)5-35-18(31)32/h1-2H,3-5H2. The highest BCUT2D eigenvalue weighted by Gasteiger charge is 2.54. The van der Waals surface area contributed by atoms with Gasteiger partial charge in [0.05, 0.1) is 26.9 Å². The van der Waals surface area contributed by atoms with Gasteiger partial charge < -0.3 is 14.5 Å². The molecule has 0 saturated carbocycles. The first-order valence-corrected chi connectivity index (χ1v) is 8.00. The van der Waals surface area contributed by atoms with Crippen molar-refractivity contribution >= 4 is 22.7 Å². The van der Waals surface area contributed by atoms with Gasteiger partial charge in [0.2, 0.25) is 0 Å². The van der Waals surface area contributed by atoms with E-state index >= 15 is 0 Å². The van der Waals surface area contributed by atoms with Crippen molar-refractivity contribution in [2.75, 3.05) is 24.8 Å². The number of nitro groups is 4. The van der Waals surface area contributed by atoms with E-state index in [4.69, 9.17) is 0 Å². The Kier molecular flexibility index (Phi) is 8.33. The Balaban J connectivity index is 4.13. The summed E-state index contributed by atoms with van der Waals surface area (Å²) in [5, 5.41) is 70.7. The number of rotatable bonds is 15. The predicted octanol–water partition coefficient (Wildman–Crippen LogP) is -0.227. The normalized spacial score (nSPS) is 10.5. The van der Waals surface area contributed by atoms with E-state index in [0.717, 1.165) is 0 Å². The highest BCUT2D eigenvalue weighted by atomic mass is 17.0. The molecule has 0 heterocycles. The van der Waals surface area contributed by atoms with E-state index < -0.39 is 88.2 Å². The van der Waals surface area contributed by atoms with Crippen LogP contribution in [0.1, 0.15) is 0 Å². The van der Waals surface area contributed by atoms with E-state index in [1.165, 1.54) is 0 Å². The Morgan fingerprint density at radius 3 is 1.20 bits per heavy atom. The molecule has 0 aliphatic rings. The lowest BCUT2D eigenvalue weighted by Crippen LogP contribution is -2.62. The molecular formula is C10H8N8O17. The molecule has 0 radical (unpaired) electrons. The lowest BCUT2D eigenvalue weighted by molar-refractivity contribution is -0.780. The summed E-state index contributed by atoms with van der Waals surface area (Å²) in [6.45, 7) is -5.35. The second-order valence-corrected chi connectivity index (χ2v) is 5.87. The summed E-state index contributed by atoms with van der Waals surface area (Å²) in [6.07, 6.45) is 0. The minimum Gasteiger partial charge on any atom is -0.311 e. The van der Waals surface area contributed by atoms with Crippen LogP contribution in [0.2, 0.25) is 0 Å². The molecule has 0 N–H and O–H groups in total. The molecule has 25 nitrogen and oxygen atoms in total. The van der Waals surface area contributed by atoms with Crippen LogP contribution in [0.25, 0.3) is 0 Å². The van der Waals surface area contributed by atoms with Crippen molar-refractivity contribution in [3.05, 3.63) is 82.9 Å². The molecule has 0 amide bonds. The monoisotopic (exact) mass is 512 g/mol. The molecule has 0 aromatic heterocycles. The Bertz CT molecular complexity index is 1010. The molecule has 1 aromatic rings. The second kappa shape index (κ2) is 10.7. The number of hydrogen-bond donors (Lipinski definition) is 0. The molecule has 0 fully saturated rings. The molecule has 0 spiro atoms. The summed E-state index contributed by atoms with van der Waals surface area (Å²) in [7, 11) is 0. The minimum absolute atomic E-state index is 0.0284. The van der Waals surface area contributed by atoms with Crippen molar-refractivity contribution in [1.29, 1.82) is 0 Å². The largest absolute Gasteiger partial charge is 0.312 e. The number of nitrogens with zero attached hydrogens (tertiary/aromatic N) is 8. The van der Waals surface area contributed by atoms with E-state index in [1.807, 2.05) is 0 Å². The summed E-state index contributed by atoms with van der Waals surface area (Å²) in [4.78, 5) is 85.3. The van der Waals surface area contributed by atoms with Gasteiger partial charge in [-0.2, -0.15) is 0 Å². The zero-order valence-electron chi connectivity index (χ0n) is 16.3. The zero-order valence-corrected chi connectivity index (χ0v) is 16.3. The van der Waals surface area contributed by atoms with E-state index in [0.29, 0.717) is 0 Å². The van der Waals surface area contributed by atoms with Crippen LogP contribution in [0.5, 0.6) is 0 Å². The molecule has 0 atom stereocenters. The van der Waals surface area contributed by atoms with Crippen molar-refractivity contribution in [3.63, 3.8) is 0 Å². The third-order valence-corrected chi connectivity index (χ3v) is 3.80. The van der Waals surface area contributed by atoms with E-state index in [1.54, 1.807) is 0 Å². The fourth-order valence-electron chi connectivity index (χ4n) is 2.51. The molecule has 190 valence electrons. The summed E-state index contributed by atoms with van der Waals surface area (Å²) in [5.74, 6) is 0. The van der Waals surface area contributed by atoms with Gasteiger partial charge in [0.25, 0.3) is 26.6 Å². The molecule has 0 aliphatic heterocycles. The van der Waals surface area contributed by atoms with Crippen LogP contribution in [-0.2, 0) is 14.5 Å². The second-order valence-electron chi connectivity index (χ2n) is 5.87. The number of hydrogen-bond acceptors (Lipinski definition) is 17. The van der Waals surface area contributed by atoms with Gasteiger partial charge in [-0.15, -0.1) is 30.3 Å². The molecule has 0 saturated heterocycles. The van der Waals surface area contributed by atoms with Crippen LogP contribution < -0.4 is 5.01 Å². The Morgan fingerprint density at radius 2 is 0.971 bits per heavy atom. The zero-order chi connectivity index (χ0) is 27.1. The third-order valence-electron chi connectivity index (χ3n) is 3.80. The van der Waals surface area contributed by atoms with E-state index in [2.05, 4.69) is 14.5 Å². The molecule has 25 heteroatoms. The van der Waals surface area contributed by atoms with E-state index in [9.17, 15) is 70.8 Å². The summed E-state index contributed by atoms with van der Waals surface area (Å²) in [6, 6.07) is 0.0569. The molecule has 35 heavy (non-hydrogen) atoms. The van der Waals surface area contributed by atoms with Crippen molar-refractivity contribution in [3.8, 4) is 0 Å². The first-order valence-electron chi connectivity index (χ1n) is 8.00. The van der Waals surface area contributed by atoms with Gasteiger partial charge >= 0.3 is 11.4 Å². The Labute approximate surface area is 186 Å². The maximum atomic E-state index is 11.9. The van der Waals surface area contributed by atoms with Crippen LogP contribution in [0.4, 0.5) is 22.7 Å². The van der Waals surface area contributed by atoms with Crippen LogP contribution in [0.3, 0.4) is 0 Å². The first kappa shape index (κ1) is 27.3. The third kappa shape index (κ3) is 6.60. The maximum Gasteiger partial charge on any atom is 0.312 e. The maximum absolute atomic E-state index is 11.9. The summed E-state index contributed by atoms with van der Waals surface area (Å²) < 4.78 is 0. The number of benzene rings is 1. The van der Waals surface area contributed by atoms with Crippen molar-refractivity contribution in [2.24, 2.45) is 0 Å². The van der Waals surface area contributed by atoms with Gasteiger partial charge in [-0.05, 0) is 0 Å². The summed E-state index contributed by atoms with van der Waals surface area (Å²) in [5.41, 5.74) is -9.72. The first-order chi connectivity index (χ1) is 16.1. The molecule has 0 aliphatic carbocycles. The molecule has 1 aromatic carbocycles. The van der Waals surface area contributed by atoms with Crippen LogP contribution in [0, 0.1) is 70.8 Å². The van der Waals surface area contributed by atoms with E-state index in [-0.39, 0.29) is 12.1 Å². The number of non-ortho nitro benzene ring substituents is 1. The highest BCUT2D eigenvalue weighted by Crippen LogP contribution is 2.44. The van der Waals surface area contributed by atoms with Gasteiger partial charge in [0, 0.05) is 0 Å².